The molecule has 0 radical (unpaired) electrons. The third-order valence-corrected chi connectivity index (χ3v) is 3.99. The van der Waals surface area contributed by atoms with Crippen LogP contribution in [0.15, 0.2) is 24.3 Å². The monoisotopic (exact) mass is 316 g/mol. The van der Waals surface area contributed by atoms with Gasteiger partial charge in [0.25, 0.3) is 0 Å². The number of benzene rings is 1. The Kier molecular flexibility index (Phi) is 3.77. The number of methoxy groups -OCH3 is 2. The number of hydrogen-bond donors (Lipinski definition) is 1. The van der Waals surface area contributed by atoms with E-state index in [9.17, 15) is 9.59 Å². The predicted molar refractivity (Wildman–Crippen MR) is 79.3 cm³/mol. The zero-order valence-electron chi connectivity index (χ0n) is 13.0. The van der Waals surface area contributed by atoms with E-state index < -0.39 is 23.8 Å². The van der Waals surface area contributed by atoms with Gasteiger partial charge >= 0.3 is 11.9 Å². The average Bonchev–Trinajstić information content (AvgIpc) is 2.93. The Morgan fingerprint density at radius 3 is 2.57 bits per heavy atom. The molecule has 2 unspecified atom stereocenters. The lowest BCUT2D eigenvalue weighted by Gasteiger charge is -2.28. The van der Waals surface area contributed by atoms with E-state index in [-0.39, 0.29) is 5.88 Å². The van der Waals surface area contributed by atoms with Crippen LogP contribution in [0.5, 0.6) is 11.6 Å². The first-order valence-electron chi connectivity index (χ1n) is 7.05. The van der Waals surface area contributed by atoms with Gasteiger partial charge in [0.1, 0.15) is 5.75 Å². The molecule has 1 N–H and O–H groups in total. The van der Waals surface area contributed by atoms with Gasteiger partial charge in [-0.2, -0.15) is 0 Å². The van der Waals surface area contributed by atoms with Gasteiger partial charge in [-0.3, -0.25) is 14.7 Å². The van der Waals surface area contributed by atoms with Gasteiger partial charge in [-0.15, -0.1) is 5.10 Å². The number of hydrogen-bond acceptors (Lipinski definition) is 6. The van der Waals surface area contributed by atoms with Crippen molar-refractivity contribution in [2.75, 3.05) is 14.2 Å². The third kappa shape index (κ3) is 2.44. The fourth-order valence-electron chi connectivity index (χ4n) is 2.85. The van der Waals surface area contributed by atoms with Gasteiger partial charge in [0.05, 0.1) is 14.2 Å². The number of carbonyl (C=O) groups is 2. The van der Waals surface area contributed by atoms with Crippen molar-refractivity contribution in [1.29, 1.82) is 0 Å². The summed E-state index contributed by atoms with van der Waals surface area (Å²) >= 11 is 0. The number of H-pyrrole nitrogens is 1. The van der Waals surface area contributed by atoms with Gasteiger partial charge in [0.2, 0.25) is 5.88 Å². The highest BCUT2D eigenvalue weighted by Gasteiger charge is 2.46. The Morgan fingerprint density at radius 1 is 1.26 bits per heavy atom. The first kappa shape index (κ1) is 15.1. The number of carbonyl (C=O) groups excluding carboxylic acids is 2. The molecule has 7 heteroatoms. The number of aromatic nitrogens is 2. The van der Waals surface area contributed by atoms with E-state index in [4.69, 9.17) is 14.2 Å². The maximum Gasteiger partial charge on any atom is 0.328 e. The molecular weight excluding hydrogens is 300 g/mol. The molecule has 0 fully saturated rings. The van der Waals surface area contributed by atoms with E-state index in [1.807, 2.05) is 19.1 Å². The lowest BCUT2D eigenvalue weighted by atomic mass is 9.79. The molecule has 0 saturated carbocycles. The number of nitrogens with one attached hydrogen (secondary N) is 1. The average molecular weight is 316 g/mol. The molecule has 7 nitrogen and oxygen atoms in total. The maximum absolute atomic E-state index is 12.3. The molecule has 2 heterocycles. The number of esters is 2. The summed E-state index contributed by atoms with van der Waals surface area (Å²) in [7, 11) is 2.82. The molecule has 2 atom stereocenters. The van der Waals surface area contributed by atoms with Crippen LogP contribution in [0.25, 0.3) is 0 Å². The van der Waals surface area contributed by atoms with Gasteiger partial charge in [-0.25, -0.2) is 0 Å². The Hall–Kier alpha value is -2.83. The minimum Gasteiger partial charge on any atom is -0.497 e. The van der Waals surface area contributed by atoms with Crippen molar-refractivity contribution >= 4 is 11.9 Å². The molecule has 0 amide bonds. The second-order valence-corrected chi connectivity index (χ2v) is 5.24. The summed E-state index contributed by atoms with van der Waals surface area (Å²) in [5.74, 6) is -2.02. The van der Waals surface area contributed by atoms with Crippen LogP contribution in [0.2, 0.25) is 0 Å². The molecule has 23 heavy (non-hydrogen) atoms. The third-order valence-electron chi connectivity index (χ3n) is 3.99. The van der Waals surface area contributed by atoms with Gasteiger partial charge in [0.15, 0.2) is 5.92 Å². The molecule has 1 aliphatic heterocycles. The van der Waals surface area contributed by atoms with Crippen molar-refractivity contribution in [3.63, 3.8) is 0 Å². The van der Waals surface area contributed by atoms with Crippen LogP contribution >= 0.6 is 0 Å². The molecule has 2 aromatic rings. The highest BCUT2D eigenvalue weighted by atomic mass is 16.6. The summed E-state index contributed by atoms with van der Waals surface area (Å²) in [4.78, 5) is 24.4. The van der Waals surface area contributed by atoms with E-state index in [2.05, 4.69) is 10.2 Å². The molecule has 1 aromatic heterocycles. The molecule has 3 rings (SSSR count). The summed E-state index contributed by atoms with van der Waals surface area (Å²) in [5.41, 5.74) is 2.20. The number of ether oxygens (including phenoxy) is 3. The van der Waals surface area contributed by atoms with E-state index >= 15 is 0 Å². The first-order chi connectivity index (χ1) is 11.1. The van der Waals surface area contributed by atoms with Crippen molar-refractivity contribution in [3.8, 4) is 11.6 Å². The van der Waals surface area contributed by atoms with E-state index in [0.29, 0.717) is 11.3 Å². The first-order valence-corrected chi connectivity index (χ1v) is 7.05. The molecule has 1 aliphatic rings. The molecule has 120 valence electrons. The van der Waals surface area contributed by atoms with Crippen LogP contribution in [0.3, 0.4) is 0 Å². The lowest BCUT2D eigenvalue weighted by Crippen LogP contribution is -2.38. The van der Waals surface area contributed by atoms with Gasteiger partial charge < -0.3 is 14.2 Å². The topological polar surface area (TPSA) is 90.5 Å². The number of aryl methyl sites for hydroxylation is 1. The Morgan fingerprint density at radius 2 is 1.96 bits per heavy atom. The SMILES string of the molecule is COC(=O)C1C(=O)Oc2n[nH]c(C)c2C1c1ccc(OC)cc1. The minimum atomic E-state index is -1.07. The zero-order chi connectivity index (χ0) is 16.6. The highest BCUT2D eigenvalue weighted by Crippen LogP contribution is 2.43. The van der Waals surface area contributed by atoms with Crippen molar-refractivity contribution in [2.24, 2.45) is 5.92 Å². The van der Waals surface area contributed by atoms with Crippen molar-refractivity contribution in [1.82, 2.24) is 10.2 Å². The highest BCUT2D eigenvalue weighted by molar-refractivity contribution is 5.99. The van der Waals surface area contributed by atoms with Crippen LogP contribution in [0, 0.1) is 12.8 Å². The van der Waals surface area contributed by atoms with Gasteiger partial charge in [-0.1, -0.05) is 12.1 Å². The number of rotatable bonds is 3. The molecular formula is C16H16N2O5. The predicted octanol–water partition coefficient (Wildman–Crippen LogP) is 1.57. The zero-order valence-corrected chi connectivity index (χ0v) is 13.0. The quantitative estimate of drug-likeness (QED) is 0.683. The normalized spacial score (nSPS) is 19.7. The van der Waals surface area contributed by atoms with Crippen molar-refractivity contribution in [2.45, 2.75) is 12.8 Å². The lowest BCUT2D eigenvalue weighted by molar-refractivity contribution is -0.157. The van der Waals surface area contributed by atoms with Crippen LogP contribution in [-0.2, 0) is 14.3 Å². The van der Waals surface area contributed by atoms with E-state index in [1.54, 1.807) is 19.2 Å². The Balaban J connectivity index is 2.15. The van der Waals surface area contributed by atoms with Crippen LogP contribution in [0.4, 0.5) is 0 Å². The minimum absolute atomic E-state index is 0.202. The molecule has 0 spiro atoms. The second-order valence-electron chi connectivity index (χ2n) is 5.24. The standard InChI is InChI=1S/C16H16N2O5/c1-8-11-12(9-4-6-10(21-2)7-5-9)13(15(19)22-3)16(20)23-14(11)18-17-8/h4-7,12-13H,1-3H3,(H,17,18). The molecule has 0 bridgehead atoms. The van der Waals surface area contributed by atoms with Crippen LogP contribution < -0.4 is 9.47 Å². The van der Waals surface area contributed by atoms with Crippen molar-refractivity contribution < 1.29 is 23.8 Å². The Labute approximate surface area is 132 Å². The van der Waals surface area contributed by atoms with Crippen LogP contribution in [0.1, 0.15) is 22.7 Å². The van der Waals surface area contributed by atoms with E-state index in [0.717, 1.165) is 11.3 Å². The smallest absolute Gasteiger partial charge is 0.328 e. The van der Waals surface area contributed by atoms with Crippen LogP contribution in [-0.4, -0.2) is 36.4 Å². The van der Waals surface area contributed by atoms with Crippen molar-refractivity contribution in [3.05, 3.63) is 41.1 Å². The molecule has 0 saturated heterocycles. The second kappa shape index (κ2) is 5.75. The largest absolute Gasteiger partial charge is 0.497 e. The fourth-order valence-corrected chi connectivity index (χ4v) is 2.85. The molecule has 1 aromatic carbocycles. The summed E-state index contributed by atoms with van der Waals surface area (Å²) in [6.07, 6.45) is 0. The van der Waals surface area contributed by atoms with Gasteiger partial charge in [0, 0.05) is 17.2 Å². The number of aromatic amines is 1. The summed E-state index contributed by atoms with van der Waals surface area (Å²) in [6.45, 7) is 1.82. The summed E-state index contributed by atoms with van der Waals surface area (Å²) < 4.78 is 15.1. The van der Waals surface area contributed by atoms with Gasteiger partial charge in [-0.05, 0) is 24.6 Å². The maximum atomic E-state index is 12.3. The number of nitrogens with zero attached hydrogens (tertiary/aromatic N) is 1. The summed E-state index contributed by atoms with van der Waals surface area (Å²) in [6, 6.07) is 7.18. The summed E-state index contributed by atoms with van der Waals surface area (Å²) in [5, 5.41) is 6.79. The van der Waals surface area contributed by atoms with E-state index in [1.165, 1.54) is 7.11 Å². The Bertz CT molecular complexity index is 750. The number of fused-ring (bicyclic) bond motifs is 1. The molecule has 0 aliphatic carbocycles. The fraction of sp³-hybridized carbons (Fsp3) is 0.312.